The standard InChI is InChI=1S/C25H29FN6O2/c1-15-12-17(13-16(2)22(15)32-10-8-31(3)9-11-32)29-24-18(23(27)33)14-28-25(30-24)21-19(26)6-5-7-20(21)34-4/h5-7,12-14H,8-11H2,1-4H3,(H2,27,33)(H,28,29,30). The van der Waals surface area contributed by atoms with E-state index in [0.29, 0.717) is 5.75 Å². The van der Waals surface area contributed by atoms with Crippen LogP contribution in [-0.2, 0) is 0 Å². The fraction of sp³-hybridized carbons (Fsp3) is 0.320. The number of rotatable bonds is 6. The van der Waals surface area contributed by atoms with E-state index in [-0.39, 0.29) is 22.8 Å². The van der Waals surface area contributed by atoms with Crippen molar-refractivity contribution in [1.82, 2.24) is 14.9 Å². The molecule has 1 aromatic heterocycles. The minimum Gasteiger partial charge on any atom is -0.496 e. The summed E-state index contributed by atoms with van der Waals surface area (Å²) in [5, 5.41) is 3.20. The molecule has 3 N–H and O–H groups in total. The van der Waals surface area contributed by atoms with Crippen LogP contribution in [0.3, 0.4) is 0 Å². The van der Waals surface area contributed by atoms with E-state index in [4.69, 9.17) is 10.5 Å². The number of nitrogens with zero attached hydrogens (tertiary/aromatic N) is 4. The van der Waals surface area contributed by atoms with Gasteiger partial charge in [0.2, 0.25) is 0 Å². The number of hydrogen-bond donors (Lipinski definition) is 2. The number of amides is 1. The highest BCUT2D eigenvalue weighted by molar-refractivity contribution is 5.98. The van der Waals surface area contributed by atoms with Gasteiger partial charge in [-0.05, 0) is 56.3 Å². The van der Waals surface area contributed by atoms with Gasteiger partial charge in [-0.1, -0.05) is 6.07 Å². The molecular formula is C25H29FN6O2. The molecule has 1 aliphatic rings. The summed E-state index contributed by atoms with van der Waals surface area (Å²) in [6, 6.07) is 8.50. The van der Waals surface area contributed by atoms with Crippen LogP contribution in [0.25, 0.3) is 11.4 Å². The molecule has 2 aromatic carbocycles. The Kier molecular flexibility index (Phi) is 6.65. The van der Waals surface area contributed by atoms with Gasteiger partial charge in [0.1, 0.15) is 22.9 Å². The van der Waals surface area contributed by atoms with E-state index in [0.717, 1.165) is 43.0 Å². The summed E-state index contributed by atoms with van der Waals surface area (Å²) in [5.74, 6) is -0.628. The number of carbonyl (C=O) groups excluding carboxylic acids is 1. The van der Waals surface area contributed by atoms with Crippen LogP contribution < -0.4 is 20.7 Å². The van der Waals surface area contributed by atoms with Gasteiger partial charge in [0.15, 0.2) is 5.82 Å². The number of anilines is 3. The number of primary amides is 1. The summed E-state index contributed by atoms with van der Waals surface area (Å²) in [6.07, 6.45) is 1.30. The van der Waals surface area contributed by atoms with Gasteiger partial charge in [0.05, 0.1) is 12.7 Å². The largest absolute Gasteiger partial charge is 0.496 e. The number of carbonyl (C=O) groups is 1. The third-order valence-corrected chi connectivity index (χ3v) is 6.05. The summed E-state index contributed by atoms with van der Waals surface area (Å²) in [4.78, 5) is 25.4. The number of ether oxygens (including phenoxy) is 1. The van der Waals surface area contributed by atoms with E-state index >= 15 is 0 Å². The average molecular weight is 465 g/mol. The minimum absolute atomic E-state index is 0.0879. The second-order valence-corrected chi connectivity index (χ2v) is 8.51. The predicted molar refractivity (Wildman–Crippen MR) is 131 cm³/mol. The number of piperazine rings is 1. The molecule has 178 valence electrons. The maximum Gasteiger partial charge on any atom is 0.254 e. The molecule has 4 rings (SSSR count). The van der Waals surface area contributed by atoms with Crippen molar-refractivity contribution < 1.29 is 13.9 Å². The van der Waals surface area contributed by atoms with Crippen LogP contribution in [0.15, 0.2) is 36.5 Å². The number of nitrogens with two attached hydrogens (primary N) is 1. The Labute approximate surface area is 198 Å². The first-order valence-corrected chi connectivity index (χ1v) is 11.1. The van der Waals surface area contributed by atoms with Crippen molar-refractivity contribution in [3.05, 3.63) is 59.0 Å². The lowest BCUT2D eigenvalue weighted by Crippen LogP contribution is -2.45. The van der Waals surface area contributed by atoms with Crippen molar-refractivity contribution in [3.63, 3.8) is 0 Å². The zero-order valence-electron chi connectivity index (χ0n) is 19.9. The number of benzene rings is 2. The topological polar surface area (TPSA) is 96.6 Å². The Morgan fingerprint density at radius 2 is 1.82 bits per heavy atom. The molecular weight excluding hydrogens is 435 g/mol. The van der Waals surface area contributed by atoms with Crippen molar-refractivity contribution in [3.8, 4) is 17.1 Å². The number of halogens is 1. The monoisotopic (exact) mass is 464 g/mol. The summed E-state index contributed by atoms with van der Waals surface area (Å²) < 4.78 is 19.9. The highest BCUT2D eigenvalue weighted by Gasteiger charge is 2.21. The van der Waals surface area contributed by atoms with Crippen LogP contribution in [0.5, 0.6) is 5.75 Å². The third-order valence-electron chi connectivity index (χ3n) is 6.05. The molecule has 8 nitrogen and oxygen atoms in total. The van der Waals surface area contributed by atoms with Crippen molar-refractivity contribution in [2.45, 2.75) is 13.8 Å². The van der Waals surface area contributed by atoms with Crippen molar-refractivity contribution in [2.75, 3.05) is 50.6 Å². The summed E-state index contributed by atoms with van der Waals surface area (Å²) in [6.45, 7) is 8.11. The van der Waals surface area contributed by atoms with E-state index in [1.165, 1.54) is 25.1 Å². The van der Waals surface area contributed by atoms with Crippen LogP contribution in [0.2, 0.25) is 0 Å². The molecule has 0 spiro atoms. The zero-order chi connectivity index (χ0) is 24.4. The maximum absolute atomic E-state index is 14.6. The van der Waals surface area contributed by atoms with Gasteiger partial charge in [0, 0.05) is 43.8 Å². The second kappa shape index (κ2) is 9.64. The van der Waals surface area contributed by atoms with Gasteiger partial charge >= 0.3 is 0 Å². The first kappa shape index (κ1) is 23.4. The molecule has 0 saturated carbocycles. The Hall–Kier alpha value is -3.72. The van der Waals surface area contributed by atoms with Crippen molar-refractivity contribution in [1.29, 1.82) is 0 Å². The summed E-state index contributed by atoms with van der Waals surface area (Å²) in [7, 11) is 3.58. The van der Waals surface area contributed by atoms with Crippen LogP contribution >= 0.6 is 0 Å². The van der Waals surface area contributed by atoms with Crippen molar-refractivity contribution >= 4 is 23.1 Å². The number of likely N-dealkylation sites (N-methyl/N-ethyl adjacent to an activating group) is 1. The number of aryl methyl sites for hydroxylation is 2. The number of nitrogens with one attached hydrogen (secondary N) is 1. The highest BCUT2D eigenvalue weighted by atomic mass is 19.1. The van der Waals surface area contributed by atoms with E-state index in [1.807, 2.05) is 12.1 Å². The summed E-state index contributed by atoms with van der Waals surface area (Å²) in [5.41, 5.74) is 9.97. The molecule has 2 heterocycles. The van der Waals surface area contributed by atoms with E-state index in [1.54, 1.807) is 12.1 Å². The molecule has 1 aliphatic heterocycles. The molecule has 0 unspecified atom stereocenters. The lowest BCUT2D eigenvalue weighted by molar-refractivity contribution is 0.100. The fourth-order valence-electron chi connectivity index (χ4n) is 4.36. The van der Waals surface area contributed by atoms with Gasteiger partial charge in [-0.2, -0.15) is 0 Å². The normalized spacial score (nSPS) is 14.2. The predicted octanol–water partition coefficient (Wildman–Crippen LogP) is 3.50. The number of methoxy groups -OCH3 is 1. The van der Waals surface area contributed by atoms with Crippen molar-refractivity contribution in [2.24, 2.45) is 5.73 Å². The van der Waals surface area contributed by atoms with Gasteiger partial charge < -0.3 is 25.6 Å². The molecule has 3 aromatic rings. The third kappa shape index (κ3) is 4.65. The van der Waals surface area contributed by atoms with Crippen LogP contribution in [0.4, 0.5) is 21.6 Å². The van der Waals surface area contributed by atoms with E-state index in [2.05, 4.69) is 46.0 Å². The Morgan fingerprint density at radius 3 is 2.44 bits per heavy atom. The molecule has 34 heavy (non-hydrogen) atoms. The number of aromatic nitrogens is 2. The highest BCUT2D eigenvalue weighted by Crippen LogP contribution is 2.33. The fourth-order valence-corrected chi connectivity index (χ4v) is 4.36. The lowest BCUT2D eigenvalue weighted by atomic mass is 10.1. The minimum atomic E-state index is -0.683. The molecule has 0 bridgehead atoms. The van der Waals surface area contributed by atoms with Gasteiger partial charge in [-0.3, -0.25) is 4.79 Å². The Morgan fingerprint density at radius 1 is 1.15 bits per heavy atom. The molecule has 9 heteroatoms. The van der Waals surface area contributed by atoms with Crippen LogP contribution in [0, 0.1) is 19.7 Å². The van der Waals surface area contributed by atoms with E-state index < -0.39 is 11.7 Å². The van der Waals surface area contributed by atoms with Gasteiger partial charge in [0.25, 0.3) is 5.91 Å². The quantitative estimate of drug-likeness (QED) is 0.576. The van der Waals surface area contributed by atoms with Gasteiger partial charge in [-0.15, -0.1) is 0 Å². The van der Waals surface area contributed by atoms with Gasteiger partial charge in [-0.25, -0.2) is 14.4 Å². The maximum atomic E-state index is 14.6. The Balaban J connectivity index is 1.71. The summed E-state index contributed by atoms with van der Waals surface area (Å²) >= 11 is 0. The molecule has 0 atom stereocenters. The lowest BCUT2D eigenvalue weighted by Gasteiger charge is -2.36. The zero-order valence-corrected chi connectivity index (χ0v) is 19.9. The molecule has 1 amide bonds. The first-order chi connectivity index (χ1) is 16.3. The molecule has 0 aliphatic carbocycles. The van der Waals surface area contributed by atoms with Crippen LogP contribution in [0.1, 0.15) is 21.5 Å². The van der Waals surface area contributed by atoms with Crippen LogP contribution in [-0.4, -0.2) is 61.1 Å². The average Bonchev–Trinajstić information content (AvgIpc) is 2.79. The first-order valence-electron chi connectivity index (χ1n) is 11.1. The second-order valence-electron chi connectivity index (χ2n) is 8.51. The molecule has 1 saturated heterocycles. The Bertz CT molecular complexity index is 1200. The smallest absolute Gasteiger partial charge is 0.254 e. The molecule has 1 fully saturated rings. The SMILES string of the molecule is COc1cccc(F)c1-c1ncc(C(N)=O)c(Nc2cc(C)c(N3CCN(C)CC3)c(C)c2)n1. The number of hydrogen-bond acceptors (Lipinski definition) is 7. The van der Waals surface area contributed by atoms with E-state index in [9.17, 15) is 9.18 Å². The molecule has 0 radical (unpaired) electrons.